The van der Waals surface area contributed by atoms with Crippen molar-refractivity contribution in [3.8, 4) is 0 Å². The number of anilines is 1. The van der Waals surface area contributed by atoms with E-state index in [1.54, 1.807) is 19.2 Å². The topological polar surface area (TPSA) is 80.1 Å². The van der Waals surface area contributed by atoms with E-state index in [-0.39, 0.29) is 5.69 Å². The summed E-state index contributed by atoms with van der Waals surface area (Å²) in [5, 5.41) is 17.0. The van der Waals surface area contributed by atoms with E-state index in [0.717, 1.165) is 6.54 Å². The van der Waals surface area contributed by atoms with E-state index in [1.165, 1.54) is 0 Å². The van der Waals surface area contributed by atoms with E-state index in [9.17, 15) is 10.1 Å². The second kappa shape index (κ2) is 6.15. The zero-order chi connectivity index (χ0) is 12.8. The highest BCUT2D eigenvalue weighted by Crippen LogP contribution is 2.25. The molecule has 0 saturated heterocycles. The van der Waals surface area contributed by atoms with Crippen molar-refractivity contribution < 1.29 is 4.92 Å². The Bertz CT molecular complexity index is 395. The maximum absolute atomic E-state index is 10.9. The van der Waals surface area contributed by atoms with Crippen molar-refractivity contribution in [3.05, 3.63) is 27.9 Å². The first-order chi connectivity index (χ1) is 8.06. The van der Waals surface area contributed by atoms with Crippen molar-refractivity contribution in [3.63, 3.8) is 0 Å². The van der Waals surface area contributed by atoms with Crippen LogP contribution in [0.1, 0.15) is 12.5 Å². The van der Waals surface area contributed by atoms with Crippen molar-refractivity contribution in [2.24, 2.45) is 5.92 Å². The molecule has 1 atom stereocenters. The van der Waals surface area contributed by atoms with Crippen LogP contribution in [0.4, 0.5) is 11.5 Å². The Hall–Kier alpha value is -1.69. The van der Waals surface area contributed by atoms with Crippen LogP contribution < -0.4 is 10.6 Å². The van der Waals surface area contributed by atoms with E-state index in [2.05, 4.69) is 22.5 Å². The lowest BCUT2D eigenvalue weighted by Crippen LogP contribution is -2.23. The Morgan fingerprint density at radius 3 is 2.82 bits per heavy atom. The maximum Gasteiger partial charge on any atom is 0.314 e. The minimum atomic E-state index is -0.395. The average molecular weight is 238 g/mol. The largest absolute Gasteiger partial charge is 0.364 e. The normalized spacial score (nSPS) is 12.2. The van der Waals surface area contributed by atoms with Gasteiger partial charge in [0, 0.05) is 18.3 Å². The van der Waals surface area contributed by atoms with Crippen LogP contribution in [0.2, 0.25) is 0 Å². The summed E-state index contributed by atoms with van der Waals surface area (Å²) < 4.78 is 0. The quantitative estimate of drug-likeness (QED) is 0.580. The first-order valence-electron chi connectivity index (χ1n) is 5.54. The highest BCUT2D eigenvalue weighted by Gasteiger charge is 2.18. The molecule has 1 heterocycles. The van der Waals surface area contributed by atoms with Crippen LogP contribution in [-0.2, 0) is 0 Å². The molecule has 0 bridgehead atoms. The molecule has 0 aliphatic rings. The van der Waals surface area contributed by atoms with Crippen molar-refractivity contribution in [1.82, 2.24) is 10.3 Å². The third-order valence-corrected chi connectivity index (χ3v) is 2.48. The molecule has 2 N–H and O–H groups in total. The predicted molar refractivity (Wildman–Crippen MR) is 67.2 cm³/mol. The van der Waals surface area contributed by atoms with Crippen LogP contribution in [0.25, 0.3) is 0 Å². The predicted octanol–water partition coefficient (Wildman–Crippen LogP) is 1.57. The smallest absolute Gasteiger partial charge is 0.314 e. The fourth-order valence-corrected chi connectivity index (χ4v) is 1.60. The fourth-order valence-electron chi connectivity index (χ4n) is 1.60. The van der Waals surface area contributed by atoms with Gasteiger partial charge in [-0.1, -0.05) is 6.92 Å². The summed E-state index contributed by atoms with van der Waals surface area (Å²) in [6.07, 6.45) is 1.58. The second-order valence-electron chi connectivity index (χ2n) is 4.13. The standard InChI is InChI=1S/C11H18N4O2/c1-8(6-12-3)7-14-11-10(15(16)17)9(2)4-5-13-11/h4-5,8,12H,6-7H2,1-3H3,(H,13,14). The minimum Gasteiger partial charge on any atom is -0.364 e. The minimum absolute atomic E-state index is 0.0594. The van der Waals surface area contributed by atoms with Gasteiger partial charge in [0.1, 0.15) is 0 Å². The van der Waals surface area contributed by atoms with Gasteiger partial charge >= 0.3 is 5.69 Å². The molecule has 1 aromatic heterocycles. The van der Waals surface area contributed by atoms with Crippen LogP contribution in [0.5, 0.6) is 0 Å². The molecule has 1 rings (SSSR count). The molecule has 1 unspecified atom stereocenters. The Balaban J connectivity index is 2.77. The summed E-state index contributed by atoms with van der Waals surface area (Å²) in [6, 6.07) is 1.64. The van der Waals surface area contributed by atoms with Gasteiger partial charge in [0.25, 0.3) is 0 Å². The number of hydrogen-bond acceptors (Lipinski definition) is 5. The molecule has 94 valence electrons. The zero-order valence-corrected chi connectivity index (χ0v) is 10.4. The van der Waals surface area contributed by atoms with E-state index in [1.807, 2.05) is 7.05 Å². The number of nitrogens with zero attached hydrogens (tertiary/aromatic N) is 2. The zero-order valence-electron chi connectivity index (χ0n) is 10.4. The van der Waals surface area contributed by atoms with Gasteiger partial charge in [-0.15, -0.1) is 0 Å². The monoisotopic (exact) mass is 238 g/mol. The molecule has 6 nitrogen and oxygen atoms in total. The molecular weight excluding hydrogens is 220 g/mol. The Kier molecular flexibility index (Phi) is 4.84. The average Bonchev–Trinajstić information content (AvgIpc) is 2.26. The van der Waals surface area contributed by atoms with Gasteiger partial charge in [-0.25, -0.2) is 4.98 Å². The van der Waals surface area contributed by atoms with Gasteiger partial charge in [-0.05, 0) is 32.5 Å². The second-order valence-corrected chi connectivity index (χ2v) is 4.13. The Labute approximate surface area is 101 Å². The summed E-state index contributed by atoms with van der Waals surface area (Å²) in [5.41, 5.74) is 0.679. The summed E-state index contributed by atoms with van der Waals surface area (Å²) in [5.74, 6) is 0.722. The van der Waals surface area contributed by atoms with E-state index >= 15 is 0 Å². The van der Waals surface area contributed by atoms with Gasteiger partial charge in [0.05, 0.1) is 4.92 Å². The fraction of sp³-hybridized carbons (Fsp3) is 0.545. The lowest BCUT2D eigenvalue weighted by molar-refractivity contribution is -0.384. The summed E-state index contributed by atoms with van der Waals surface area (Å²) in [7, 11) is 1.88. The number of rotatable bonds is 6. The van der Waals surface area contributed by atoms with Crippen molar-refractivity contribution in [2.75, 3.05) is 25.5 Å². The Morgan fingerprint density at radius 1 is 1.53 bits per heavy atom. The third-order valence-electron chi connectivity index (χ3n) is 2.48. The van der Waals surface area contributed by atoms with E-state index in [0.29, 0.717) is 23.8 Å². The lowest BCUT2D eigenvalue weighted by Gasteiger charge is -2.12. The van der Waals surface area contributed by atoms with Crippen LogP contribution in [0.3, 0.4) is 0 Å². The van der Waals surface area contributed by atoms with Crippen molar-refractivity contribution in [2.45, 2.75) is 13.8 Å². The van der Waals surface area contributed by atoms with Gasteiger partial charge in [-0.3, -0.25) is 10.1 Å². The summed E-state index contributed by atoms with van der Waals surface area (Å²) >= 11 is 0. The SMILES string of the molecule is CNCC(C)CNc1nccc(C)c1[N+](=O)[O-]. The van der Waals surface area contributed by atoms with Crippen LogP contribution in [-0.4, -0.2) is 30.0 Å². The number of aryl methyl sites for hydroxylation is 1. The number of pyridine rings is 1. The molecule has 0 fully saturated rings. The van der Waals surface area contributed by atoms with Gasteiger partial charge < -0.3 is 10.6 Å². The van der Waals surface area contributed by atoms with Crippen molar-refractivity contribution >= 4 is 11.5 Å². The maximum atomic E-state index is 10.9. The van der Waals surface area contributed by atoms with Crippen molar-refractivity contribution in [1.29, 1.82) is 0 Å². The van der Waals surface area contributed by atoms with Gasteiger partial charge in [-0.2, -0.15) is 0 Å². The van der Waals surface area contributed by atoms with Gasteiger partial charge in [0.15, 0.2) is 0 Å². The number of aromatic nitrogens is 1. The molecule has 17 heavy (non-hydrogen) atoms. The van der Waals surface area contributed by atoms with E-state index < -0.39 is 4.92 Å². The van der Waals surface area contributed by atoms with E-state index in [4.69, 9.17) is 0 Å². The molecule has 0 saturated carbocycles. The summed E-state index contributed by atoms with van der Waals surface area (Å²) in [4.78, 5) is 14.6. The molecule has 6 heteroatoms. The lowest BCUT2D eigenvalue weighted by atomic mass is 10.2. The molecule has 0 aliphatic heterocycles. The molecule has 0 aliphatic carbocycles. The van der Waals surface area contributed by atoms with Crippen LogP contribution in [0.15, 0.2) is 12.3 Å². The number of hydrogen-bond donors (Lipinski definition) is 2. The molecule has 1 aromatic rings. The first-order valence-corrected chi connectivity index (χ1v) is 5.54. The molecule has 0 aromatic carbocycles. The van der Waals surface area contributed by atoms with Gasteiger partial charge in [0.2, 0.25) is 5.82 Å². The summed E-state index contributed by atoms with van der Waals surface area (Å²) in [6.45, 7) is 5.28. The third kappa shape index (κ3) is 3.67. The molecule has 0 radical (unpaired) electrons. The highest BCUT2D eigenvalue weighted by molar-refractivity contribution is 5.59. The Morgan fingerprint density at radius 2 is 2.24 bits per heavy atom. The first kappa shape index (κ1) is 13.4. The molecular formula is C11H18N4O2. The molecule has 0 amide bonds. The number of nitrogens with one attached hydrogen (secondary N) is 2. The number of nitro groups is 1. The van der Waals surface area contributed by atoms with Crippen LogP contribution in [0, 0.1) is 23.0 Å². The highest BCUT2D eigenvalue weighted by atomic mass is 16.6. The molecule has 0 spiro atoms. The van der Waals surface area contributed by atoms with Crippen LogP contribution >= 0.6 is 0 Å².